The second-order valence-corrected chi connectivity index (χ2v) is 11.9. The van der Waals surface area contributed by atoms with Crippen LogP contribution in [0.15, 0.2) is 0 Å². The first-order valence-electron chi connectivity index (χ1n) is 15.1. The highest BCUT2D eigenvalue weighted by Gasteiger charge is 2.55. The van der Waals surface area contributed by atoms with Gasteiger partial charge in [-0.2, -0.15) is 0 Å². The van der Waals surface area contributed by atoms with E-state index in [1.54, 1.807) is 0 Å². The summed E-state index contributed by atoms with van der Waals surface area (Å²) in [6.07, 6.45) is -33.3. The van der Waals surface area contributed by atoms with E-state index < -0.39 is 155 Å². The van der Waals surface area contributed by atoms with Gasteiger partial charge in [0, 0.05) is 6.92 Å². The lowest BCUT2D eigenvalue weighted by molar-refractivity contribution is -0.384. The number of amides is 1. The van der Waals surface area contributed by atoms with Gasteiger partial charge in [0.05, 0.1) is 26.4 Å². The lowest BCUT2D eigenvalue weighted by atomic mass is 9.95. The molecule has 20 atom stereocenters. The lowest BCUT2D eigenvalue weighted by Crippen LogP contribution is -2.68. The normalized spacial score (nSPS) is 50.2. The summed E-state index contributed by atoms with van der Waals surface area (Å²) in [5.41, 5.74) is 0. The van der Waals surface area contributed by atoms with E-state index in [2.05, 4.69) is 5.32 Å². The fourth-order valence-corrected chi connectivity index (χ4v) is 5.95. The maximum Gasteiger partial charge on any atom is 0.217 e. The van der Waals surface area contributed by atoms with Crippen molar-refractivity contribution in [3.05, 3.63) is 0 Å². The molecule has 1 amide bonds. The van der Waals surface area contributed by atoms with Crippen molar-refractivity contribution >= 4 is 5.91 Å². The minimum Gasteiger partial charge on any atom is -0.394 e. The molecule has 0 aliphatic carbocycles. The van der Waals surface area contributed by atoms with Crippen LogP contribution in [0.3, 0.4) is 0 Å². The Labute approximate surface area is 272 Å². The summed E-state index contributed by atoms with van der Waals surface area (Å²) in [4.78, 5) is 11.8. The molecule has 4 rings (SSSR count). The molecule has 4 aliphatic heterocycles. The Kier molecular flexibility index (Phi) is 13.8. The Morgan fingerprint density at radius 1 is 0.500 bits per heavy atom. The monoisotopic (exact) mass is 707 g/mol. The summed E-state index contributed by atoms with van der Waals surface area (Å²) >= 11 is 0. The number of hydrogen-bond donors (Lipinski definition) is 14. The second-order valence-electron chi connectivity index (χ2n) is 11.9. The van der Waals surface area contributed by atoms with E-state index in [1.807, 2.05) is 0 Å². The molecular weight excluding hydrogens is 662 g/mol. The fourth-order valence-electron chi connectivity index (χ4n) is 5.95. The Morgan fingerprint density at radius 3 is 1.29 bits per heavy atom. The number of carbonyl (C=O) groups is 1. The molecule has 48 heavy (non-hydrogen) atoms. The van der Waals surface area contributed by atoms with Crippen LogP contribution < -0.4 is 5.32 Å². The molecular formula is C26H45NO21. The highest BCUT2D eigenvalue weighted by Crippen LogP contribution is 2.34. The molecule has 22 nitrogen and oxygen atoms in total. The third-order valence-corrected chi connectivity index (χ3v) is 8.61. The summed E-state index contributed by atoms with van der Waals surface area (Å²) < 4.78 is 38.3. The van der Waals surface area contributed by atoms with Crippen LogP contribution in [0, 0.1) is 0 Å². The van der Waals surface area contributed by atoms with Gasteiger partial charge in [-0.1, -0.05) is 0 Å². The van der Waals surface area contributed by atoms with Crippen LogP contribution in [-0.2, 0) is 38.0 Å². The molecule has 22 heteroatoms. The van der Waals surface area contributed by atoms with Gasteiger partial charge in [0.15, 0.2) is 25.2 Å². The first-order chi connectivity index (χ1) is 22.7. The van der Waals surface area contributed by atoms with E-state index in [1.165, 1.54) is 0 Å². The van der Waals surface area contributed by atoms with Gasteiger partial charge in [0.25, 0.3) is 0 Å². The van der Waals surface area contributed by atoms with Gasteiger partial charge >= 0.3 is 0 Å². The Morgan fingerprint density at radius 2 is 0.875 bits per heavy atom. The average Bonchev–Trinajstić information content (AvgIpc) is 3.06. The molecule has 14 N–H and O–H groups in total. The predicted octanol–water partition coefficient (Wildman–Crippen LogP) is -9.61. The standard InChI is InChI=1S/C26H45NO21/c1-6(32)27-11-13(34)12(33)7(2-28)43-24(11)46-21-9(4-30)44-26(18(39)15(21)36)48-22-10(5-31)45-25(19(40)16(22)37)47-20-8(3-29)42-23(41)17(38)14(20)35/h7-26,28-31,33-41H,2-5H2,1H3,(H,27,32)/t7-,8-,9-,10-,11-,12+,13-,14-,15-,16-,17-,18-,19-,20-,21+,22+,23-,24+,25+,26+/m1/s1. The van der Waals surface area contributed by atoms with Crippen molar-refractivity contribution < 1.29 is 104 Å². The number of rotatable bonds is 11. The molecule has 0 spiro atoms. The smallest absolute Gasteiger partial charge is 0.217 e. The fraction of sp³-hybridized carbons (Fsp3) is 0.962. The zero-order chi connectivity index (χ0) is 35.6. The van der Waals surface area contributed by atoms with E-state index in [4.69, 9.17) is 33.2 Å². The molecule has 4 saturated heterocycles. The van der Waals surface area contributed by atoms with Gasteiger partial charge in [-0.25, -0.2) is 0 Å². The molecule has 4 aliphatic rings. The average molecular weight is 708 g/mol. The number of nitrogens with one attached hydrogen (secondary N) is 1. The van der Waals surface area contributed by atoms with Crippen molar-refractivity contribution in [2.75, 3.05) is 26.4 Å². The summed E-state index contributed by atoms with van der Waals surface area (Å²) in [6, 6.07) is -1.45. The molecule has 0 saturated carbocycles. The van der Waals surface area contributed by atoms with Crippen LogP contribution >= 0.6 is 0 Å². The number of carbonyl (C=O) groups excluding carboxylic acids is 1. The van der Waals surface area contributed by atoms with E-state index in [0.717, 1.165) is 6.92 Å². The molecule has 280 valence electrons. The highest BCUT2D eigenvalue weighted by atomic mass is 16.8. The van der Waals surface area contributed by atoms with Crippen molar-refractivity contribution in [3.8, 4) is 0 Å². The minimum atomic E-state index is -2.03. The molecule has 0 aromatic heterocycles. The Hall–Kier alpha value is -1.33. The van der Waals surface area contributed by atoms with Crippen molar-refractivity contribution in [1.82, 2.24) is 5.32 Å². The molecule has 0 radical (unpaired) electrons. The summed E-state index contributed by atoms with van der Waals surface area (Å²) in [6.45, 7) is -2.31. The van der Waals surface area contributed by atoms with Crippen LogP contribution in [0.2, 0.25) is 0 Å². The van der Waals surface area contributed by atoms with E-state index in [-0.39, 0.29) is 0 Å². The predicted molar refractivity (Wildman–Crippen MR) is 145 cm³/mol. The largest absolute Gasteiger partial charge is 0.394 e. The zero-order valence-electron chi connectivity index (χ0n) is 25.5. The van der Waals surface area contributed by atoms with E-state index in [9.17, 15) is 71.2 Å². The van der Waals surface area contributed by atoms with E-state index in [0.29, 0.717) is 0 Å². The number of hydrogen-bond acceptors (Lipinski definition) is 21. The quantitative estimate of drug-likeness (QED) is 0.0947. The van der Waals surface area contributed by atoms with Crippen LogP contribution in [-0.4, -0.2) is 221 Å². The second kappa shape index (κ2) is 16.8. The number of ether oxygens (including phenoxy) is 7. The molecule has 0 unspecified atom stereocenters. The van der Waals surface area contributed by atoms with Crippen LogP contribution in [0.25, 0.3) is 0 Å². The van der Waals surface area contributed by atoms with Crippen LogP contribution in [0.4, 0.5) is 0 Å². The highest BCUT2D eigenvalue weighted by molar-refractivity contribution is 5.73. The van der Waals surface area contributed by atoms with Gasteiger partial charge in [-0.05, 0) is 0 Å². The molecule has 4 fully saturated rings. The first kappa shape index (κ1) is 39.5. The van der Waals surface area contributed by atoms with Gasteiger partial charge in [0.1, 0.15) is 97.6 Å². The number of aliphatic hydroxyl groups excluding tert-OH is 13. The maximum atomic E-state index is 11.8. The Balaban J connectivity index is 1.46. The van der Waals surface area contributed by atoms with Crippen molar-refractivity contribution in [2.45, 2.75) is 130 Å². The van der Waals surface area contributed by atoms with Gasteiger partial charge in [0.2, 0.25) is 5.91 Å². The molecule has 0 bridgehead atoms. The van der Waals surface area contributed by atoms with Crippen LogP contribution in [0.5, 0.6) is 0 Å². The molecule has 0 aromatic carbocycles. The SMILES string of the molecule is CC(=O)N[C@H]1[C@H](O[C@@H]2[C@H](O)[C@@H](O)[C@H](O[C@@H]3[C@H](O)[C@@H](O)[C@H](O[C@H]4[C@H](O)[C@@H](O)[C@H](O)O[C@@H]4CO)O[C@@H]3CO)O[C@@H]2CO)O[C@H](CO)[C@H](O)[C@@H]1O. The summed E-state index contributed by atoms with van der Waals surface area (Å²) in [5, 5.41) is 136. The Bertz CT molecular complexity index is 1020. The maximum absolute atomic E-state index is 11.8. The zero-order valence-corrected chi connectivity index (χ0v) is 25.5. The molecule has 0 aromatic rings. The van der Waals surface area contributed by atoms with Gasteiger partial charge < -0.3 is 105 Å². The van der Waals surface area contributed by atoms with E-state index >= 15 is 0 Å². The van der Waals surface area contributed by atoms with Crippen LogP contribution in [0.1, 0.15) is 6.92 Å². The summed E-state index contributed by atoms with van der Waals surface area (Å²) in [7, 11) is 0. The molecule has 4 heterocycles. The minimum absolute atomic E-state index is 0.673. The third kappa shape index (κ3) is 8.08. The van der Waals surface area contributed by atoms with Crippen molar-refractivity contribution in [2.24, 2.45) is 0 Å². The van der Waals surface area contributed by atoms with Crippen molar-refractivity contribution in [3.63, 3.8) is 0 Å². The lowest BCUT2D eigenvalue weighted by Gasteiger charge is -2.49. The third-order valence-electron chi connectivity index (χ3n) is 8.61. The topological polar surface area (TPSA) is 357 Å². The first-order valence-corrected chi connectivity index (χ1v) is 15.1. The van der Waals surface area contributed by atoms with Gasteiger partial charge in [-0.15, -0.1) is 0 Å². The van der Waals surface area contributed by atoms with Crippen molar-refractivity contribution in [1.29, 1.82) is 0 Å². The number of aliphatic hydroxyl groups is 13. The van der Waals surface area contributed by atoms with Gasteiger partial charge in [-0.3, -0.25) is 4.79 Å². The summed E-state index contributed by atoms with van der Waals surface area (Å²) in [5.74, 6) is -0.673.